The highest BCUT2D eigenvalue weighted by molar-refractivity contribution is 7.47. The number of nitrogens with zero attached hydrogens (tertiary/aromatic N) is 1. The Bertz CT molecular complexity index is 1170. The number of unbranched alkanes of at least 4 members (excludes halogenated alkanes) is 6. The maximum absolute atomic E-state index is 12.6. The number of phosphoric ester groups is 1. The van der Waals surface area contributed by atoms with Crippen LogP contribution in [0.1, 0.15) is 129 Å². The summed E-state index contributed by atoms with van der Waals surface area (Å²) in [5.41, 5.74) is 0. The smallest absolute Gasteiger partial charge is 0.466 e. The quantitative estimate of drug-likeness (QED) is 0.0271. The van der Waals surface area contributed by atoms with Crippen molar-refractivity contribution in [2.24, 2.45) is 0 Å². The van der Waals surface area contributed by atoms with Crippen LogP contribution in [0, 0.1) is 0 Å². The lowest BCUT2D eigenvalue weighted by atomic mass is 10.2. The van der Waals surface area contributed by atoms with Crippen LogP contribution >= 0.6 is 7.82 Å². The van der Waals surface area contributed by atoms with E-state index in [9.17, 15) is 38.2 Å². The first kappa shape index (κ1) is 52.9. The average molecular weight is 827 g/mol. The third-order valence-electron chi connectivity index (χ3n) is 7.79. The van der Waals surface area contributed by atoms with Gasteiger partial charge in [0.25, 0.3) is 0 Å². The zero-order chi connectivity index (χ0) is 42.1. The second-order valence-corrected chi connectivity index (χ2v) is 15.8. The molecule has 0 rings (SSSR count). The number of likely N-dealkylation sites (N-methyl/N-ethyl adjacent to an activating group) is 1. The number of hydrogen-bond donors (Lipinski definition) is 1. The normalized spacial score (nSPS) is 12.9. The van der Waals surface area contributed by atoms with Crippen molar-refractivity contribution >= 4 is 43.6 Å². The highest BCUT2D eigenvalue weighted by Gasteiger charge is 2.27. The van der Waals surface area contributed by atoms with Gasteiger partial charge in [0.15, 0.2) is 6.10 Å². The molecule has 0 aliphatic heterocycles. The molecule has 0 radical (unpaired) electrons. The fraction of sp³-hybridized carbons (Fsp3) is 0.842. The molecular weight excluding hydrogens is 757 g/mol. The lowest BCUT2D eigenvalue weighted by molar-refractivity contribution is -0.870. The number of esters is 6. The Hall–Kier alpha value is -3.11. The molecule has 0 saturated carbocycles. The molecule has 0 heterocycles. The van der Waals surface area contributed by atoms with Gasteiger partial charge in [-0.2, -0.15) is 0 Å². The van der Waals surface area contributed by atoms with Crippen molar-refractivity contribution in [3.63, 3.8) is 0 Å². The zero-order valence-corrected chi connectivity index (χ0v) is 35.3. The van der Waals surface area contributed by atoms with Crippen molar-refractivity contribution < 1.29 is 80.2 Å². The van der Waals surface area contributed by atoms with E-state index in [2.05, 4.69) is 13.8 Å². The van der Waals surface area contributed by atoms with E-state index in [0.29, 0.717) is 24.2 Å². The molecule has 0 bridgehead atoms. The summed E-state index contributed by atoms with van der Waals surface area (Å²) in [5, 5.41) is 0. The summed E-state index contributed by atoms with van der Waals surface area (Å²) >= 11 is 0. The van der Waals surface area contributed by atoms with Crippen LogP contribution in [-0.4, -0.2) is 125 Å². The van der Waals surface area contributed by atoms with Crippen molar-refractivity contribution in [1.29, 1.82) is 0 Å². The average Bonchev–Trinajstić information content (AvgIpc) is 3.12. The molecule has 0 aliphatic rings. The molecule has 0 amide bonds. The van der Waals surface area contributed by atoms with Gasteiger partial charge in [0.2, 0.25) is 0 Å². The molecule has 0 aromatic rings. The minimum atomic E-state index is -4.54. The van der Waals surface area contributed by atoms with Gasteiger partial charge in [-0.15, -0.1) is 0 Å². The number of rotatable bonds is 36. The van der Waals surface area contributed by atoms with Crippen molar-refractivity contribution in [2.75, 3.05) is 73.9 Å². The first-order valence-electron chi connectivity index (χ1n) is 20.0. The monoisotopic (exact) mass is 826 g/mol. The largest absolute Gasteiger partial charge is 0.472 e. The SMILES string of the molecule is CCCCCCOC(=O)CCCC(=O)OCCCC(=O)OC[C@H](COP(=O)(O)OCC[N+](C)(C)C)OC(=O)CCCOC(=O)CCCC(=O)OCCCCCC. The number of hydrogen-bond acceptors (Lipinski definition) is 15. The van der Waals surface area contributed by atoms with Gasteiger partial charge in [0.1, 0.15) is 19.8 Å². The molecule has 326 valence electrons. The topological polar surface area (TPSA) is 214 Å². The van der Waals surface area contributed by atoms with E-state index in [1.165, 1.54) is 0 Å². The molecule has 1 N–H and O–H groups in total. The summed E-state index contributed by atoms with van der Waals surface area (Å²) in [4.78, 5) is 82.6. The number of ether oxygens (including phenoxy) is 6. The lowest BCUT2D eigenvalue weighted by Crippen LogP contribution is -2.37. The molecule has 0 aromatic carbocycles. The van der Waals surface area contributed by atoms with E-state index < -0.39 is 51.0 Å². The minimum Gasteiger partial charge on any atom is -0.466 e. The summed E-state index contributed by atoms with van der Waals surface area (Å²) in [6.07, 6.45) is 7.37. The van der Waals surface area contributed by atoms with Gasteiger partial charge in [-0.25, -0.2) is 4.57 Å². The molecule has 56 heavy (non-hydrogen) atoms. The molecule has 2 atom stereocenters. The Labute approximate surface area is 332 Å². The molecule has 17 nitrogen and oxygen atoms in total. The Morgan fingerprint density at radius 2 is 0.875 bits per heavy atom. The van der Waals surface area contributed by atoms with Crippen LogP contribution in [0.2, 0.25) is 0 Å². The van der Waals surface area contributed by atoms with Gasteiger partial charge < -0.3 is 37.8 Å². The van der Waals surface area contributed by atoms with Crippen molar-refractivity contribution in [2.45, 2.75) is 136 Å². The predicted molar refractivity (Wildman–Crippen MR) is 204 cm³/mol. The van der Waals surface area contributed by atoms with E-state index in [1.54, 1.807) is 0 Å². The third-order valence-corrected chi connectivity index (χ3v) is 8.77. The van der Waals surface area contributed by atoms with Crippen molar-refractivity contribution in [3.05, 3.63) is 0 Å². The molecule has 0 aliphatic carbocycles. The van der Waals surface area contributed by atoms with Crippen LogP contribution in [0.5, 0.6) is 0 Å². The minimum absolute atomic E-state index is 0.0119. The molecule has 0 fully saturated rings. The van der Waals surface area contributed by atoms with E-state index in [-0.39, 0.29) is 96.0 Å². The van der Waals surface area contributed by atoms with Gasteiger partial charge in [0, 0.05) is 38.5 Å². The van der Waals surface area contributed by atoms with Gasteiger partial charge in [-0.05, 0) is 38.5 Å². The Balaban J connectivity index is 4.63. The van der Waals surface area contributed by atoms with Gasteiger partial charge in [0.05, 0.1) is 54.2 Å². The highest BCUT2D eigenvalue weighted by atomic mass is 31.2. The lowest BCUT2D eigenvalue weighted by Gasteiger charge is -2.24. The Morgan fingerprint density at radius 3 is 1.30 bits per heavy atom. The molecule has 18 heteroatoms. The molecule has 1 unspecified atom stereocenters. The number of carbonyl (C=O) groups excluding carboxylic acids is 6. The van der Waals surface area contributed by atoms with Crippen molar-refractivity contribution in [1.82, 2.24) is 0 Å². The first-order chi connectivity index (χ1) is 26.6. The highest BCUT2D eigenvalue weighted by Crippen LogP contribution is 2.43. The second kappa shape index (κ2) is 32.9. The fourth-order valence-corrected chi connectivity index (χ4v) is 5.28. The van der Waals surface area contributed by atoms with E-state index in [4.69, 9.17) is 37.5 Å². The summed E-state index contributed by atoms with van der Waals surface area (Å²) in [6, 6.07) is 0. The molecule has 0 spiro atoms. The van der Waals surface area contributed by atoms with Gasteiger partial charge >= 0.3 is 43.6 Å². The first-order valence-corrected chi connectivity index (χ1v) is 21.5. The van der Waals surface area contributed by atoms with E-state index >= 15 is 0 Å². The third kappa shape index (κ3) is 35.3. The Morgan fingerprint density at radius 1 is 0.482 bits per heavy atom. The predicted octanol–water partition coefficient (Wildman–Crippen LogP) is 5.52. The molecule has 0 saturated heterocycles. The summed E-state index contributed by atoms with van der Waals surface area (Å²) < 4.78 is 53.9. The number of phosphoric acid groups is 1. The van der Waals surface area contributed by atoms with Gasteiger partial charge in [-0.1, -0.05) is 52.4 Å². The molecule has 0 aromatic heterocycles. The standard InChI is InChI=1S/C38H68NO16P/c1-6-8-10-12-25-48-33(40)18-14-20-35(42)50-27-16-22-37(44)52-30-32(31-54-56(46,47)53-29-24-39(3,4)5)55-38(45)23-17-28-51-36(43)21-15-19-34(41)49-26-13-11-9-7-2/h32H,6-31H2,1-5H3/p+1/t32-/m1/s1. The zero-order valence-electron chi connectivity index (χ0n) is 34.4. The fourth-order valence-electron chi connectivity index (χ4n) is 4.54. The van der Waals surface area contributed by atoms with Gasteiger partial charge in [-0.3, -0.25) is 37.8 Å². The van der Waals surface area contributed by atoms with E-state index in [0.717, 1.165) is 51.4 Å². The van der Waals surface area contributed by atoms with E-state index in [1.807, 2.05) is 21.1 Å². The molecular formula is C38H69NO16P+. The van der Waals surface area contributed by atoms with Crippen LogP contribution < -0.4 is 0 Å². The van der Waals surface area contributed by atoms with Crippen LogP contribution in [0.4, 0.5) is 0 Å². The summed E-state index contributed by atoms with van der Waals surface area (Å²) in [6.45, 7) is 3.94. The van der Waals surface area contributed by atoms with Crippen LogP contribution in [0.25, 0.3) is 0 Å². The summed E-state index contributed by atoms with van der Waals surface area (Å²) in [7, 11) is 1.07. The van der Waals surface area contributed by atoms with Crippen LogP contribution in [0.3, 0.4) is 0 Å². The van der Waals surface area contributed by atoms with Crippen LogP contribution in [-0.2, 0) is 70.8 Å². The summed E-state index contributed by atoms with van der Waals surface area (Å²) in [5.74, 6) is -3.25. The van der Waals surface area contributed by atoms with Crippen molar-refractivity contribution in [3.8, 4) is 0 Å². The second-order valence-electron chi connectivity index (χ2n) is 14.3. The maximum Gasteiger partial charge on any atom is 0.472 e. The Kier molecular flexibility index (Phi) is 31.1. The number of carbonyl (C=O) groups is 6. The van der Waals surface area contributed by atoms with Crippen LogP contribution in [0.15, 0.2) is 0 Å². The maximum atomic E-state index is 12.6. The number of quaternary nitrogens is 1.